The monoisotopic (exact) mass is 544 g/mol. The molecule has 0 atom stereocenters. The largest absolute Gasteiger partial charge is 0.493 e. The number of rotatable bonds is 11. The minimum atomic E-state index is -0.405. The second-order valence-corrected chi connectivity index (χ2v) is 8.18. The van der Waals surface area contributed by atoms with Crippen LogP contribution in [0.15, 0.2) is 64.2 Å². The third kappa shape index (κ3) is 6.95. The molecule has 0 radical (unpaired) electrons. The van der Waals surface area contributed by atoms with Gasteiger partial charge in [0.1, 0.15) is 12.4 Å². The predicted octanol–water partition coefficient (Wildman–Crippen LogP) is 5.74. The van der Waals surface area contributed by atoms with E-state index in [1.54, 1.807) is 48.5 Å². The molecule has 0 spiro atoms. The van der Waals surface area contributed by atoms with Gasteiger partial charge in [0.05, 0.1) is 31.5 Å². The summed E-state index contributed by atoms with van der Waals surface area (Å²) in [5, 5.41) is 4.03. The van der Waals surface area contributed by atoms with Crippen molar-refractivity contribution in [1.82, 2.24) is 5.43 Å². The van der Waals surface area contributed by atoms with Gasteiger partial charge in [-0.15, -0.1) is 0 Å². The van der Waals surface area contributed by atoms with E-state index in [0.29, 0.717) is 50.8 Å². The molecular formula is C26H26BrFN2O5. The lowest BCUT2D eigenvalue weighted by molar-refractivity contribution is 0.0954. The number of ether oxygens (including phenoxy) is 4. The fraction of sp³-hybridized carbons (Fsp3) is 0.231. The highest BCUT2D eigenvalue weighted by atomic mass is 79.9. The van der Waals surface area contributed by atoms with E-state index in [2.05, 4.69) is 26.5 Å². The number of hydrazone groups is 1. The van der Waals surface area contributed by atoms with Gasteiger partial charge in [-0.25, -0.2) is 9.82 Å². The van der Waals surface area contributed by atoms with Crippen LogP contribution < -0.4 is 24.4 Å². The lowest BCUT2D eigenvalue weighted by Crippen LogP contribution is -2.17. The summed E-state index contributed by atoms with van der Waals surface area (Å²) in [4.78, 5) is 12.5. The van der Waals surface area contributed by atoms with Crippen molar-refractivity contribution in [3.63, 3.8) is 0 Å². The molecule has 1 N–H and O–H groups in total. The molecule has 35 heavy (non-hydrogen) atoms. The van der Waals surface area contributed by atoms with Crippen LogP contribution >= 0.6 is 15.9 Å². The van der Waals surface area contributed by atoms with E-state index in [1.165, 1.54) is 26.5 Å². The van der Waals surface area contributed by atoms with E-state index in [9.17, 15) is 9.18 Å². The molecule has 0 aliphatic carbocycles. The molecule has 0 fully saturated rings. The summed E-state index contributed by atoms with van der Waals surface area (Å²) in [6.07, 6.45) is 2.33. The van der Waals surface area contributed by atoms with Gasteiger partial charge in [-0.3, -0.25) is 4.79 Å². The number of benzene rings is 3. The van der Waals surface area contributed by atoms with Crippen molar-refractivity contribution in [2.75, 3.05) is 20.8 Å². The molecule has 0 saturated heterocycles. The second-order valence-electron chi connectivity index (χ2n) is 7.33. The molecule has 3 aromatic carbocycles. The average Bonchev–Trinajstić information content (AvgIpc) is 2.87. The van der Waals surface area contributed by atoms with E-state index < -0.39 is 5.91 Å². The number of amides is 1. The summed E-state index contributed by atoms with van der Waals surface area (Å²) < 4.78 is 36.6. The van der Waals surface area contributed by atoms with Crippen LogP contribution in [0.25, 0.3) is 0 Å². The molecule has 0 unspecified atom stereocenters. The van der Waals surface area contributed by atoms with E-state index >= 15 is 0 Å². The topological polar surface area (TPSA) is 78.4 Å². The highest BCUT2D eigenvalue weighted by Gasteiger charge is 2.14. The summed E-state index contributed by atoms with van der Waals surface area (Å²) in [6, 6.07) is 14.8. The number of carbonyl (C=O) groups excluding carboxylic acids is 1. The number of halogens is 2. The maximum Gasteiger partial charge on any atom is 0.271 e. The van der Waals surface area contributed by atoms with Crippen LogP contribution in [-0.4, -0.2) is 32.9 Å². The Labute approximate surface area is 212 Å². The zero-order chi connectivity index (χ0) is 25.2. The first kappa shape index (κ1) is 26.0. The summed E-state index contributed by atoms with van der Waals surface area (Å²) in [5.74, 6) is 1.14. The molecule has 0 aliphatic rings. The van der Waals surface area contributed by atoms with Gasteiger partial charge in [0, 0.05) is 11.1 Å². The van der Waals surface area contributed by atoms with Crippen LogP contribution in [-0.2, 0) is 6.61 Å². The van der Waals surface area contributed by atoms with Crippen LogP contribution in [0.5, 0.6) is 23.0 Å². The van der Waals surface area contributed by atoms with E-state index in [4.69, 9.17) is 18.9 Å². The first-order valence-electron chi connectivity index (χ1n) is 10.8. The van der Waals surface area contributed by atoms with E-state index in [-0.39, 0.29) is 12.4 Å². The number of methoxy groups -OCH3 is 2. The van der Waals surface area contributed by atoms with Crippen molar-refractivity contribution in [3.05, 3.63) is 81.6 Å². The second kappa shape index (κ2) is 12.8. The molecule has 184 valence electrons. The zero-order valence-electron chi connectivity index (χ0n) is 19.6. The molecule has 7 nitrogen and oxygen atoms in total. The average molecular weight is 545 g/mol. The Bertz CT molecular complexity index is 1200. The molecule has 0 saturated carbocycles. The molecule has 0 aromatic heterocycles. The lowest BCUT2D eigenvalue weighted by atomic mass is 10.2. The Hall–Kier alpha value is -3.59. The third-order valence-electron chi connectivity index (χ3n) is 4.85. The van der Waals surface area contributed by atoms with Crippen LogP contribution in [0.1, 0.15) is 34.8 Å². The van der Waals surface area contributed by atoms with E-state index in [0.717, 1.165) is 6.42 Å². The van der Waals surface area contributed by atoms with Crippen molar-refractivity contribution < 1.29 is 28.1 Å². The maximum atomic E-state index is 13.9. The summed E-state index contributed by atoms with van der Waals surface area (Å²) in [7, 11) is 3.02. The molecule has 1 amide bonds. The Kier molecular flexibility index (Phi) is 9.48. The number of hydrogen-bond donors (Lipinski definition) is 1. The fourth-order valence-corrected chi connectivity index (χ4v) is 3.66. The Balaban J connectivity index is 1.68. The third-order valence-corrected chi connectivity index (χ3v) is 5.44. The van der Waals surface area contributed by atoms with Crippen LogP contribution in [0.3, 0.4) is 0 Å². The highest BCUT2D eigenvalue weighted by Crippen LogP contribution is 2.37. The van der Waals surface area contributed by atoms with Crippen molar-refractivity contribution in [2.45, 2.75) is 20.0 Å². The van der Waals surface area contributed by atoms with Gasteiger partial charge in [0.15, 0.2) is 23.0 Å². The van der Waals surface area contributed by atoms with Crippen LogP contribution in [0.2, 0.25) is 0 Å². The van der Waals surface area contributed by atoms with Gasteiger partial charge < -0.3 is 18.9 Å². The number of hydrogen-bond acceptors (Lipinski definition) is 6. The molecule has 0 aliphatic heterocycles. The van der Waals surface area contributed by atoms with Crippen molar-refractivity contribution in [3.8, 4) is 23.0 Å². The lowest BCUT2D eigenvalue weighted by Gasteiger charge is -2.14. The van der Waals surface area contributed by atoms with Crippen molar-refractivity contribution >= 4 is 28.1 Å². The van der Waals surface area contributed by atoms with Gasteiger partial charge in [0.25, 0.3) is 5.91 Å². The van der Waals surface area contributed by atoms with Crippen LogP contribution in [0, 0.1) is 5.82 Å². The SMILES string of the molecule is CCCOc1ccc(C(=O)N/N=C/c2cc(Br)c(OCc3ccccc3F)c(OC)c2)cc1OC. The van der Waals surface area contributed by atoms with E-state index in [1.807, 2.05) is 6.92 Å². The normalized spacial score (nSPS) is 10.8. The first-order chi connectivity index (χ1) is 17.0. The summed E-state index contributed by atoms with van der Waals surface area (Å²) >= 11 is 3.46. The molecular weight excluding hydrogens is 519 g/mol. The Morgan fingerprint density at radius 3 is 2.51 bits per heavy atom. The van der Waals surface area contributed by atoms with Crippen molar-refractivity contribution in [1.29, 1.82) is 0 Å². The molecule has 0 bridgehead atoms. The van der Waals surface area contributed by atoms with Gasteiger partial charge >= 0.3 is 0 Å². The quantitative estimate of drug-likeness (QED) is 0.246. The summed E-state index contributed by atoms with van der Waals surface area (Å²) in [6.45, 7) is 2.60. The van der Waals surface area contributed by atoms with Gasteiger partial charge in [-0.05, 0) is 64.3 Å². The van der Waals surface area contributed by atoms with Gasteiger partial charge in [-0.1, -0.05) is 25.1 Å². The Morgan fingerprint density at radius 1 is 1.03 bits per heavy atom. The molecule has 9 heteroatoms. The first-order valence-corrected chi connectivity index (χ1v) is 11.6. The predicted molar refractivity (Wildman–Crippen MR) is 135 cm³/mol. The minimum absolute atomic E-state index is 0.0386. The molecule has 3 rings (SSSR count). The highest BCUT2D eigenvalue weighted by molar-refractivity contribution is 9.10. The fourth-order valence-electron chi connectivity index (χ4n) is 3.09. The number of nitrogens with one attached hydrogen (secondary N) is 1. The number of nitrogens with zero attached hydrogens (tertiary/aromatic N) is 1. The standard InChI is InChI=1S/C26H26BrFN2O5/c1-4-11-34-22-10-9-18(14-23(22)32-2)26(31)30-29-15-17-12-20(27)25(24(13-17)33-3)35-16-19-7-5-6-8-21(19)28/h5-10,12-15H,4,11,16H2,1-3H3,(H,30,31)/b29-15+. The summed E-state index contributed by atoms with van der Waals surface area (Å²) in [5.41, 5.74) is 3.94. The van der Waals surface area contributed by atoms with Crippen LogP contribution in [0.4, 0.5) is 4.39 Å². The maximum absolute atomic E-state index is 13.9. The Morgan fingerprint density at radius 2 is 1.80 bits per heavy atom. The molecule has 0 heterocycles. The van der Waals surface area contributed by atoms with Gasteiger partial charge in [-0.2, -0.15) is 5.10 Å². The zero-order valence-corrected chi connectivity index (χ0v) is 21.2. The van der Waals surface area contributed by atoms with Crippen molar-refractivity contribution in [2.24, 2.45) is 5.10 Å². The smallest absolute Gasteiger partial charge is 0.271 e. The van der Waals surface area contributed by atoms with Gasteiger partial charge in [0.2, 0.25) is 0 Å². The number of carbonyl (C=O) groups is 1. The minimum Gasteiger partial charge on any atom is -0.493 e. The molecule has 3 aromatic rings.